The molecule has 0 fully saturated rings. The Morgan fingerprint density at radius 1 is 1.35 bits per heavy atom. The fourth-order valence-corrected chi connectivity index (χ4v) is 1.71. The van der Waals surface area contributed by atoms with E-state index in [1.54, 1.807) is 30.5 Å². The normalized spacial score (nSPS) is 10.2. The number of aromatic nitrogens is 1. The van der Waals surface area contributed by atoms with Crippen molar-refractivity contribution in [2.75, 3.05) is 18.5 Å². The maximum Gasteiger partial charge on any atom is 0.255 e. The highest BCUT2D eigenvalue weighted by atomic mass is 16.5. The molecule has 1 heterocycles. The molecule has 0 unspecified atom stereocenters. The molecule has 2 rings (SSSR count). The van der Waals surface area contributed by atoms with Gasteiger partial charge in [-0.3, -0.25) is 14.6 Å². The van der Waals surface area contributed by atoms with Crippen molar-refractivity contribution in [3.05, 3.63) is 30.5 Å². The fourth-order valence-electron chi connectivity index (χ4n) is 1.71. The van der Waals surface area contributed by atoms with Gasteiger partial charge in [-0.05, 0) is 24.3 Å². The number of rotatable bonds is 5. The summed E-state index contributed by atoms with van der Waals surface area (Å²) in [5, 5.41) is 11.9. The van der Waals surface area contributed by atoms with Crippen molar-refractivity contribution in [2.24, 2.45) is 5.73 Å². The molecule has 7 heteroatoms. The number of nitrogens with two attached hydrogens (primary N) is 1. The summed E-state index contributed by atoms with van der Waals surface area (Å²) in [6.07, 6.45) is 1.56. The van der Waals surface area contributed by atoms with Crippen molar-refractivity contribution >= 4 is 28.4 Å². The standard InChI is InChI=1S/C13H13N3O4/c14-11(18)7-20-10-4-3-9(16-12(19)6-17)13-8(10)2-1-5-15-13/h1-5,17H,6-7H2,(H2,14,18)(H,16,19). The fraction of sp³-hybridized carbons (Fsp3) is 0.154. The van der Waals surface area contributed by atoms with Gasteiger partial charge in [0.05, 0.1) is 11.2 Å². The summed E-state index contributed by atoms with van der Waals surface area (Å²) in [5.41, 5.74) is 5.98. The Morgan fingerprint density at radius 3 is 2.85 bits per heavy atom. The van der Waals surface area contributed by atoms with E-state index in [9.17, 15) is 9.59 Å². The monoisotopic (exact) mass is 275 g/mol. The molecular formula is C13H13N3O4. The lowest BCUT2D eigenvalue weighted by Crippen LogP contribution is -2.20. The number of aliphatic hydroxyl groups is 1. The smallest absolute Gasteiger partial charge is 0.255 e. The van der Waals surface area contributed by atoms with Crippen LogP contribution in [0.3, 0.4) is 0 Å². The Bertz CT molecular complexity index is 657. The van der Waals surface area contributed by atoms with E-state index in [1.807, 2.05) is 0 Å². The molecule has 0 aliphatic rings. The first-order chi connectivity index (χ1) is 9.61. The number of benzene rings is 1. The third-order valence-corrected chi connectivity index (χ3v) is 2.52. The lowest BCUT2D eigenvalue weighted by atomic mass is 10.1. The van der Waals surface area contributed by atoms with Crippen LogP contribution in [0.4, 0.5) is 5.69 Å². The molecule has 0 spiro atoms. The number of anilines is 1. The van der Waals surface area contributed by atoms with E-state index in [2.05, 4.69) is 10.3 Å². The van der Waals surface area contributed by atoms with Gasteiger partial charge in [-0.15, -0.1) is 0 Å². The van der Waals surface area contributed by atoms with Crippen molar-refractivity contribution in [2.45, 2.75) is 0 Å². The Morgan fingerprint density at radius 2 is 2.15 bits per heavy atom. The number of nitrogens with zero attached hydrogens (tertiary/aromatic N) is 1. The summed E-state index contributed by atoms with van der Waals surface area (Å²) in [6.45, 7) is -0.861. The number of aliphatic hydroxyl groups excluding tert-OH is 1. The van der Waals surface area contributed by atoms with Crippen LogP contribution in [0.25, 0.3) is 10.9 Å². The first-order valence-electron chi connectivity index (χ1n) is 5.81. The minimum absolute atomic E-state index is 0.244. The SMILES string of the molecule is NC(=O)COc1ccc(NC(=O)CO)c2ncccc12. The number of fused-ring (bicyclic) bond motifs is 1. The van der Waals surface area contributed by atoms with Gasteiger partial charge in [0.25, 0.3) is 5.91 Å². The summed E-state index contributed by atoms with van der Waals surface area (Å²) in [4.78, 5) is 26.2. The molecule has 0 atom stereocenters. The molecule has 1 aromatic heterocycles. The highest BCUT2D eigenvalue weighted by Crippen LogP contribution is 2.29. The number of nitrogens with one attached hydrogen (secondary N) is 1. The molecule has 0 aliphatic heterocycles. The molecular weight excluding hydrogens is 262 g/mol. The topological polar surface area (TPSA) is 115 Å². The second kappa shape index (κ2) is 5.98. The van der Waals surface area contributed by atoms with E-state index < -0.39 is 18.4 Å². The van der Waals surface area contributed by atoms with Crippen LogP contribution in [-0.4, -0.2) is 35.1 Å². The molecule has 0 saturated carbocycles. The molecule has 7 nitrogen and oxygen atoms in total. The molecule has 4 N–H and O–H groups in total. The summed E-state index contributed by atoms with van der Waals surface area (Å²) in [6, 6.07) is 6.63. The van der Waals surface area contributed by atoms with E-state index in [0.29, 0.717) is 22.3 Å². The lowest BCUT2D eigenvalue weighted by Gasteiger charge is -2.11. The molecule has 104 valence electrons. The minimum Gasteiger partial charge on any atom is -0.483 e. The predicted molar refractivity (Wildman–Crippen MR) is 72.1 cm³/mol. The lowest BCUT2D eigenvalue weighted by molar-refractivity contribution is -0.120. The van der Waals surface area contributed by atoms with Crippen molar-refractivity contribution < 1.29 is 19.4 Å². The Kier molecular flexibility index (Phi) is 4.11. The largest absolute Gasteiger partial charge is 0.483 e. The average Bonchev–Trinajstić information content (AvgIpc) is 2.46. The predicted octanol–water partition coefficient (Wildman–Crippen LogP) is 0.0297. The molecule has 0 bridgehead atoms. The molecule has 2 amide bonds. The van der Waals surface area contributed by atoms with E-state index in [-0.39, 0.29) is 6.61 Å². The van der Waals surface area contributed by atoms with Gasteiger partial charge in [0.2, 0.25) is 5.91 Å². The van der Waals surface area contributed by atoms with Crippen LogP contribution in [0.15, 0.2) is 30.5 Å². The highest BCUT2D eigenvalue weighted by molar-refractivity contribution is 6.02. The first kappa shape index (κ1) is 13.8. The zero-order chi connectivity index (χ0) is 14.5. The Hall–Kier alpha value is -2.67. The maximum absolute atomic E-state index is 11.2. The summed E-state index contributed by atoms with van der Waals surface area (Å²) >= 11 is 0. The van der Waals surface area contributed by atoms with E-state index >= 15 is 0 Å². The first-order valence-corrected chi connectivity index (χ1v) is 5.81. The molecule has 2 aromatic rings. The van der Waals surface area contributed by atoms with Gasteiger partial charge in [-0.25, -0.2) is 0 Å². The Labute approximate surface area is 114 Å². The molecule has 1 aromatic carbocycles. The quantitative estimate of drug-likeness (QED) is 0.712. The number of hydrogen-bond acceptors (Lipinski definition) is 5. The van der Waals surface area contributed by atoms with Crippen LogP contribution < -0.4 is 15.8 Å². The van der Waals surface area contributed by atoms with Crippen molar-refractivity contribution in [3.8, 4) is 5.75 Å². The van der Waals surface area contributed by atoms with Gasteiger partial charge in [0.15, 0.2) is 6.61 Å². The van der Waals surface area contributed by atoms with Gasteiger partial charge in [0, 0.05) is 11.6 Å². The third-order valence-electron chi connectivity index (χ3n) is 2.52. The van der Waals surface area contributed by atoms with Crippen LogP contribution in [0.5, 0.6) is 5.75 Å². The van der Waals surface area contributed by atoms with Crippen LogP contribution in [-0.2, 0) is 9.59 Å². The Balaban J connectivity index is 2.41. The number of ether oxygens (including phenoxy) is 1. The molecule has 0 saturated heterocycles. The van der Waals surface area contributed by atoms with E-state index in [1.165, 1.54) is 0 Å². The second-order valence-electron chi connectivity index (χ2n) is 3.97. The van der Waals surface area contributed by atoms with Gasteiger partial charge in [-0.1, -0.05) is 0 Å². The second-order valence-corrected chi connectivity index (χ2v) is 3.97. The number of primary amides is 1. The minimum atomic E-state index is -0.617. The van der Waals surface area contributed by atoms with Crippen molar-refractivity contribution in [1.29, 1.82) is 0 Å². The van der Waals surface area contributed by atoms with Crippen LogP contribution in [0.2, 0.25) is 0 Å². The summed E-state index contributed by atoms with van der Waals surface area (Å²) in [7, 11) is 0. The number of carbonyl (C=O) groups excluding carboxylic acids is 2. The van der Waals surface area contributed by atoms with E-state index in [0.717, 1.165) is 0 Å². The van der Waals surface area contributed by atoms with Gasteiger partial charge in [-0.2, -0.15) is 0 Å². The highest BCUT2D eigenvalue weighted by Gasteiger charge is 2.10. The molecule has 20 heavy (non-hydrogen) atoms. The van der Waals surface area contributed by atoms with E-state index in [4.69, 9.17) is 15.6 Å². The number of carbonyl (C=O) groups is 2. The number of pyridine rings is 1. The number of amides is 2. The molecule has 0 aliphatic carbocycles. The summed E-state index contributed by atoms with van der Waals surface area (Å²) in [5.74, 6) is -0.684. The van der Waals surface area contributed by atoms with Crippen molar-refractivity contribution in [1.82, 2.24) is 4.98 Å². The zero-order valence-corrected chi connectivity index (χ0v) is 10.5. The van der Waals surface area contributed by atoms with Crippen molar-refractivity contribution in [3.63, 3.8) is 0 Å². The molecule has 0 radical (unpaired) electrons. The van der Waals surface area contributed by atoms with Crippen LogP contribution >= 0.6 is 0 Å². The van der Waals surface area contributed by atoms with Crippen LogP contribution in [0, 0.1) is 0 Å². The third kappa shape index (κ3) is 3.01. The van der Waals surface area contributed by atoms with Crippen LogP contribution in [0.1, 0.15) is 0 Å². The van der Waals surface area contributed by atoms with Gasteiger partial charge < -0.3 is 20.9 Å². The summed E-state index contributed by atoms with van der Waals surface area (Å²) < 4.78 is 5.29. The number of hydrogen-bond donors (Lipinski definition) is 3. The zero-order valence-electron chi connectivity index (χ0n) is 10.5. The van der Waals surface area contributed by atoms with Gasteiger partial charge >= 0.3 is 0 Å². The average molecular weight is 275 g/mol. The maximum atomic E-state index is 11.2. The van der Waals surface area contributed by atoms with Gasteiger partial charge in [0.1, 0.15) is 12.4 Å².